The first-order valence-corrected chi connectivity index (χ1v) is 7.99. The lowest BCUT2D eigenvalue weighted by Gasteiger charge is -2.25. The largest absolute Gasteiger partial charge is 0.359 e. The number of carbonyl (C=O) groups excluding carboxylic acids is 1. The lowest BCUT2D eigenvalue weighted by molar-refractivity contribution is -0.120. The molecule has 21 heavy (non-hydrogen) atoms. The predicted octanol–water partition coefficient (Wildman–Crippen LogP) is 2.42. The molecule has 1 unspecified atom stereocenters. The second-order valence-electron chi connectivity index (χ2n) is 5.99. The Hall–Kier alpha value is -1.55. The maximum absolute atomic E-state index is 12.2. The molecule has 0 bridgehead atoms. The van der Waals surface area contributed by atoms with E-state index in [2.05, 4.69) is 36.2 Å². The van der Waals surface area contributed by atoms with Gasteiger partial charge >= 0.3 is 0 Å². The van der Waals surface area contributed by atoms with Gasteiger partial charge in [-0.3, -0.25) is 4.79 Å². The maximum Gasteiger partial charge on any atom is 0.239 e. The first-order chi connectivity index (χ1) is 10.1. The molecule has 1 aliphatic carbocycles. The summed E-state index contributed by atoms with van der Waals surface area (Å²) in [6.45, 7) is 5.20. The summed E-state index contributed by atoms with van der Waals surface area (Å²) in [5.41, 5.74) is 7.87. The van der Waals surface area contributed by atoms with Gasteiger partial charge in [0.2, 0.25) is 5.91 Å². The van der Waals surface area contributed by atoms with E-state index >= 15 is 0 Å². The number of anilines is 1. The summed E-state index contributed by atoms with van der Waals surface area (Å²) in [7, 11) is 0. The Kier molecular flexibility index (Phi) is 5.62. The SMILES string of the molecule is CCCC(C)NC(=O)CN(c1ccc(CN)cc1)C1CC1. The Morgan fingerprint density at radius 2 is 2.05 bits per heavy atom. The minimum absolute atomic E-state index is 0.116. The van der Waals surface area contributed by atoms with Crippen LogP contribution in [0.15, 0.2) is 24.3 Å². The van der Waals surface area contributed by atoms with Crippen LogP contribution in [0.25, 0.3) is 0 Å². The summed E-state index contributed by atoms with van der Waals surface area (Å²) in [5, 5.41) is 3.09. The summed E-state index contributed by atoms with van der Waals surface area (Å²) in [4.78, 5) is 14.4. The van der Waals surface area contributed by atoms with Gasteiger partial charge in [0.05, 0.1) is 6.54 Å². The maximum atomic E-state index is 12.2. The molecule has 1 aliphatic rings. The fraction of sp³-hybridized carbons (Fsp3) is 0.588. The van der Waals surface area contributed by atoms with E-state index in [9.17, 15) is 4.79 Å². The second kappa shape index (κ2) is 7.46. The lowest BCUT2D eigenvalue weighted by atomic mass is 10.2. The van der Waals surface area contributed by atoms with Gasteiger partial charge in [0.25, 0.3) is 0 Å². The molecule has 0 radical (unpaired) electrons. The summed E-state index contributed by atoms with van der Waals surface area (Å²) < 4.78 is 0. The highest BCUT2D eigenvalue weighted by Gasteiger charge is 2.30. The highest BCUT2D eigenvalue weighted by molar-refractivity contribution is 5.82. The Morgan fingerprint density at radius 1 is 1.38 bits per heavy atom. The van der Waals surface area contributed by atoms with Crippen molar-refractivity contribution in [3.05, 3.63) is 29.8 Å². The average molecular weight is 289 g/mol. The van der Waals surface area contributed by atoms with Gasteiger partial charge in [0, 0.05) is 24.3 Å². The number of hydrogen-bond acceptors (Lipinski definition) is 3. The van der Waals surface area contributed by atoms with E-state index in [0.29, 0.717) is 19.1 Å². The molecular formula is C17H27N3O. The lowest BCUT2D eigenvalue weighted by Crippen LogP contribution is -2.42. The molecule has 0 heterocycles. The number of benzene rings is 1. The summed E-state index contributed by atoms with van der Waals surface area (Å²) >= 11 is 0. The van der Waals surface area contributed by atoms with Gasteiger partial charge in [-0.2, -0.15) is 0 Å². The van der Waals surface area contributed by atoms with Gasteiger partial charge in [0.15, 0.2) is 0 Å². The number of rotatable bonds is 8. The summed E-state index contributed by atoms with van der Waals surface area (Å²) in [6.07, 6.45) is 4.47. The van der Waals surface area contributed by atoms with Gasteiger partial charge in [-0.25, -0.2) is 0 Å². The predicted molar refractivity (Wildman–Crippen MR) is 87.2 cm³/mol. The molecule has 1 aromatic carbocycles. The van der Waals surface area contributed by atoms with E-state index in [0.717, 1.165) is 24.1 Å². The zero-order valence-electron chi connectivity index (χ0n) is 13.1. The van der Waals surface area contributed by atoms with Crippen LogP contribution in [0.2, 0.25) is 0 Å². The van der Waals surface area contributed by atoms with Crippen LogP contribution >= 0.6 is 0 Å². The van der Waals surface area contributed by atoms with E-state index in [4.69, 9.17) is 5.73 Å². The topological polar surface area (TPSA) is 58.4 Å². The molecule has 0 aliphatic heterocycles. The van der Waals surface area contributed by atoms with Crippen LogP contribution in [0.5, 0.6) is 0 Å². The van der Waals surface area contributed by atoms with Crippen LogP contribution < -0.4 is 16.0 Å². The van der Waals surface area contributed by atoms with E-state index < -0.39 is 0 Å². The molecule has 4 nitrogen and oxygen atoms in total. The molecule has 3 N–H and O–H groups in total. The Balaban J connectivity index is 1.97. The zero-order chi connectivity index (χ0) is 15.2. The van der Waals surface area contributed by atoms with Crippen molar-refractivity contribution in [2.45, 2.75) is 58.2 Å². The van der Waals surface area contributed by atoms with Gasteiger partial charge in [0.1, 0.15) is 0 Å². The minimum Gasteiger partial charge on any atom is -0.359 e. The summed E-state index contributed by atoms with van der Waals surface area (Å²) in [5.74, 6) is 0.116. The van der Waals surface area contributed by atoms with Crippen LogP contribution in [-0.4, -0.2) is 24.5 Å². The van der Waals surface area contributed by atoms with Crippen molar-refractivity contribution in [3.63, 3.8) is 0 Å². The number of nitrogens with one attached hydrogen (secondary N) is 1. The first kappa shape index (κ1) is 15.8. The van der Waals surface area contributed by atoms with E-state index in [1.54, 1.807) is 0 Å². The van der Waals surface area contributed by atoms with E-state index in [1.807, 2.05) is 12.1 Å². The van der Waals surface area contributed by atoms with Crippen LogP contribution in [0.1, 0.15) is 45.1 Å². The second-order valence-corrected chi connectivity index (χ2v) is 5.99. The third-order valence-electron chi connectivity index (χ3n) is 3.93. The molecule has 116 valence electrons. The Labute approximate surface area is 127 Å². The van der Waals surface area contributed by atoms with Crippen molar-refractivity contribution in [1.29, 1.82) is 0 Å². The van der Waals surface area contributed by atoms with Crippen molar-refractivity contribution in [2.24, 2.45) is 5.73 Å². The van der Waals surface area contributed by atoms with Gasteiger partial charge in [-0.1, -0.05) is 25.5 Å². The standard InChI is InChI=1S/C17H27N3O/c1-3-4-13(2)19-17(21)12-20(16-9-10-16)15-7-5-14(11-18)6-8-15/h5-8,13,16H,3-4,9-12,18H2,1-2H3,(H,19,21). The number of nitrogens with two attached hydrogens (primary N) is 1. The van der Waals surface area contributed by atoms with E-state index in [-0.39, 0.29) is 11.9 Å². The number of carbonyl (C=O) groups is 1. The van der Waals surface area contributed by atoms with Crippen LogP contribution in [0.4, 0.5) is 5.69 Å². The number of nitrogens with zero attached hydrogens (tertiary/aromatic N) is 1. The van der Waals surface area contributed by atoms with Gasteiger partial charge < -0.3 is 16.0 Å². The third-order valence-corrected chi connectivity index (χ3v) is 3.93. The van der Waals surface area contributed by atoms with E-state index in [1.165, 1.54) is 12.8 Å². The molecule has 1 saturated carbocycles. The van der Waals surface area contributed by atoms with Gasteiger partial charge in [-0.15, -0.1) is 0 Å². The van der Waals surface area contributed by atoms with Gasteiger partial charge in [-0.05, 0) is 43.9 Å². The highest BCUT2D eigenvalue weighted by atomic mass is 16.2. The van der Waals surface area contributed by atoms with Crippen LogP contribution in [0.3, 0.4) is 0 Å². The molecule has 1 atom stereocenters. The number of hydrogen-bond donors (Lipinski definition) is 2. The van der Waals surface area contributed by atoms with Crippen molar-refractivity contribution in [3.8, 4) is 0 Å². The zero-order valence-corrected chi connectivity index (χ0v) is 13.1. The van der Waals surface area contributed by atoms with Crippen molar-refractivity contribution >= 4 is 11.6 Å². The highest BCUT2D eigenvalue weighted by Crippen LogP contribution is 2.31. The third kappa shape index (κ3) is 4.74. The first-order valence-electron chi connectivity index (χ1n) is 7.99. The molecule has 1 amide bonds. The van der Waals surface area contributed by atoms with Crippen molar-refractivity contribution < 1.29 is 4.79 Å². The molecule has 2 rings (SSSR count). The molecule has 1 aromatic rings. The van der Waals surface area contributed by atoms with Crippen molar-refractivity contribution in [1.82, 2.24) is 5.32 Å². The fourth-order valence-electron chi connectivity index (χ4n) is 2.62. The van der Waals surface area contributed by atoms with Crippen LogP contribution in [0, 0.1) is 0 Å². The minimum atomic E-state index is 0.116. The quantitative estimate of drug-likeness (QED) is 0.772. The number of amides is 1. The summed E-state index contributed by atoms with van der Waals surface area (Å²) in [6, 6.07) is 9.00. The molecule has 0 aromatic heterocycles. The monoisotopic (exact) mass is 289 g/mol. The smallest absolute Gasteiger partial charge is 0.239 e. The average Bonchev–Trinajstić information content (AvgIpc) is 3.29. The Bertz CT molecular complexity index is 454. The normalized spacial score (nSPS) is 15.6. The Morgan fingerprint density at radius 3 is 2.57 bits per heavy atom. The molecule has 0 saturated heterocycles. The molecule has 0 spiro atoms. The molecular weight excluding hydrogens is 262 g/mol. The van der Waals surface area contributed by atoms with Crippen LogP contribution in [-0.2, 0) is 11.3 Å². The fourth-order valence-corrected chi connectivity index (χ4v) is 2.62. The molecule has 4 heteroatoms. The molecule has 1 fully saturated rings. The van der Waals surface area contributed by atoms with Crippen molar-refractivity contribution in [2.75, 3.05) is 11.4 Å².